The van der Waals surface area contributed by atoms with Crippen LogP contribution in [0.25, 0.3) is 0 Å². The summed E-state index contributed by atoms with van der Waals surface area (Å²) < 4.78 is 51.3. The summed E-state index contributed by atoms with van der Waals surface area (Å²) in [6.07, 6.45) is -0.809. The molecule has 4 rings (SSSR count). The Balaban J connectivity index is 1.39. The fraction of sp³-hybridized carbons (Fsp3) is 0.0952. The molecule has 3 aromatic rings. The normalized spacial score (nSPS) is 15.3. The lowest BCUT2D eigenvalue weighted by Crippen LogP contribution is -2.40. The Morgan fingerprint density at radius 2 is 1.53 bits per heavy atom. The first kappa shape index (κ1) is 19.7. The number of rotatable bonds is 5. The highest BCUT2D eigenvalue weighted by Crippen LogP contribution is 2.31. The maximum atomic E-state index is 13.0. The molecule has 1 aliphatic heterocycles. The summed E-state index contributed by atoms with van der Waals surface area (Å²) in [7, 11) is -3.85. The highest BCUT2D eigenvalue weighted by Gasteiger charge is 2.27. The van der Waals surface area contributed by atoms with Crippen molar-refractivity contribution >= 4 is 27.3 Å². The molecule has 0 unspecified atom stereocenters. The van der Waals surface area contributed by atoms with E-state index in [0.29, 0.717) is 22.9 Å². The quantitative estimate of drug-likeness (QED) is 0.650. The third kappa shape index (κ3) is 4.36. The third-order valence-corrected chi connectivity index (χ3v) is 5.73. The van der Waals surface area contributed by atoms with Crippen molar-refractivity contribution in [2.24, 2.45) is 0 Å². The van der Waals surface area contributed by atoms with Crippen molar-refractivity contribution in [3.8, 4) is 11.5 Å². The molecule has 1 aliphatic rings. The average molecular weight is 428 g/mol. The zero-order valence-electron chi connectivity index (χ0n) is 15.5. The second-order valence-electron chi connectivity index (χ2n) is 6.49. The molecule has 0 fully saturated rings. The van der Waals surface area contributed by atoms with Crippen LogP contribution in [0.15, 0.2) is 77.7 Å². The lowest BCUT2D eigenvalue weighted by Gasteiger charge is -2.25. The Morgan fingerprint density at radius 3 is 2.23 bits per heavy atom. The second-order valence-corrected chi connectivity index (χ2v) is 8.17. The fourth-order valence-electron chi connectivity index (χ4n) is 2.82. The zero-order valence-corrected chi connectivity index (χ0v) is 16.4. The molecule has 30 heavy (non-hydrogen) atoms. The van der Waals surface area contributed by atoms with Gasteiger partial charge in [0.2, 0.25) is 6.10 Å². The van der Waals surface area contributed by atoms with Gasteiger partial charge in [-0.3, -0.25) is 9.52 Å². The maximum Gasteiger partial charge on any atom is 0.269 e. The molecule has 1 amide bonds. The van der Waals surface area contributed by atoms with Crippen molar-refractivity contribution in [3.05, 3.63) is 78.6 Å². The summed E-state index contributed by atoms with van der Waals surface area (Å²) in [5.41, 5.74) is 0.760. The van der Waals surface area contributed by atoms with E-state index in [1.165, 1.54) is 24.3 Å². The van der Waals surface area contributed by atoms with Crippen LogP contribution in [0.4, 0.5) is 15.8 Å². The summed E-state index contributed by atoms with van der Waals surface area (Å²) in [5, 5.41) is 2.71. The standard InChI is InChI=1S/C21H17FN2O5S/c22-14-5-11-17(12-6-14)30(26,27)24-16-9-7-15(8-10-16)23-21(25)20-13-28-18-3-1-2-4-19(18)29-20/h1-12,20,24H,13H2,(H,23,25)/t20-/m1/s1. The Labute approximate surface area is 172 Å². The lowest BCUT2D eigenvalue weighted by molar-refractivity contribution is -0.125. The first-order chi connectivity index (χ1) is 14.4. The van der Waals surface area contributed by atoms with Gasteiger partial charge in [0.05, 0.1) is 4.90 Å². The molecule has 154 valence electrons. The van der Waals surface area contributed by atoms with E-state index in [0.717, 1.165) is 12.1 Å². The van der Waals surface area contributed by atoms with Crippen LogP contribution in [-0.2, 0) is 14.8 Å². The predicted molar refractivity (Wildman–Crippen MR) is 109 cm³/mol. The van der Waals surface area contributed by atoms with Gasteiger partial charge >= 0.3 is 0 Å². The molecule has 1 atom stereocenters. The number of amides is 1. The number of sulfonamides is 1. The summed E-state index contributed by atoms with van der Waals surface area (Å²) >= 11 is 0. The van der Waals surface area contributed by atoms with Crippen LogP contribution < -0.4 is 19.5 Å². The molecule has 2 N–H and O–H groups in total. The number of nitrogens with one attached hydrogen (secondary N) is 2. The minimum Gasteiger partial charge on any atom is -0.485 e. The number of carbonyl (C=O) groups excluding carboxylic acids is 1. The van der Waals surface area contributed by atoms with Gasteiger partial charge in [-0.2, -0.15) is 0 Å². The van der Waals surface area contributed by atoms with Crippen LogP contribution in [-0.4, -0.2) is 27.0 Å². The van der Waals surface area contributed by atoms with Gasteiger partial charge in [-0.15, -0.1) is 0 Å². The van der Waals surface area contributed by atoms with E-state index < -0.39 is 21.9 Å². The van der Waals surface area contributed by atoms with E-state index in [4.69, 9.17) is 9.47 Å². The molecule has 1 heterocycles. The largest absolute Gasteiger partial charge is 0.485 e. The number of halogens is 1. The SMILES string of the molecule is O=C(Nc1ccc(NS(=O)(=O)c2ccc(F)cc2)cc1)[C@H]1COc2ccccc2O1. The zero-order chi connectivity index (χ0) is 21.1. The predicted octanol–water partition coefficient (Wildman–Crippen LogP) is 3.41. The number of carbonyl (C=O) groups is 1. The van der Waals surface area contributed by atoms with Crippen molar-refractivity contribution in [2.45, 2.75) is 11.0 Å². The molecule has 0 spiro atoms. The smallest absolute Gasteiger partial charge is 0.269 e. The Hall–Kier alpha value is -3.59. The number of anilines is 2. The third-order valence-electron chi connectivity index (χ3n) is 4.33. The van der Waals surface area contributed by atoms with E-state index in [9.17, 15) is 17.6 Å². The van der Waals surface area contributed by atoms with E-state index in [2.05, 4.69) is 10.0 Å². The lowest BCUT2D eigenvalue weighted by atomic mass is 10.2. The number of benzene rings is 3. The Morgan fingerprint density at radius 1 is 0.900 bits per heavy atom. The van der Waals surface area contributed by atoms with Gasteiger partial charge < -0.3 is 14.8 Å². The average Bonchev–Trinajstić information content (AvgIpc) is 2.75. The molecule has 7 nitrogen and oxygen atoms in total. The summed E-state index contributed by atoms with van der Waals surface area (Å²) in [4.78, 5) is 12.4. The van der Waals surface area contributed by atoms with Gasteiger partial charge in [-0.25, -0.2) is 12.8 Å². The minimum absolute atomic E-state index is 0.0593. The van der Waals surface area contributed by atoms with Gasteiger partial charge in [-0.1, -0.05) is 12.1 Å². The van der Waals surface area contributed by atoms with Crippen molar-refractivity contribution in [1.82, 2.24) is 0 Å². The Kier molecular flexibility index (Phi) is 5.28. The van der Waals surface area contributed by atoms with Crippen LogP contribution in [0.3, 0.4) is 0 Å². The Bertz CT molecular complexity index is 1160. The van der Waals surface area contributed by atoms with Crippen LogP contribution in [0.1, 0.15) is 0 Å². The summed E-state index contributed by atoms with van der Waals surface area (Å²) in [6.45, 7) is 0.0817. The minimum atomic E-state index is -3.85. The summed E-state index contributed by atoms with van der Waals surface area (Å²) in [6, 6.07) is 17.7. The first-order valence-corrected chi connectivity index (χ1v) is 10.5. The molecule has 3 aromatic carbocycles. The number of hydrogen-bond donors (Lipinski definition) is 2. The number of ether oxygens (including phenoxy) is 2. The summed E-state index contributed by atoms with van der Waals surface area (Å²) in [5.74, 6) is 0.169. The molecule has 9 heteroatoms. The van der Waals surface area contributed by atoms with Crippen LogP contribution >= 0.6 is 0 Å². The van der Waals surface area contributed by atoms with Crippen molar-refractivity contribution < 1.29 is 27.1 Å². The van der Waals surface area contributed by atoms with Crippen molar-refractivity contribution in [3.63, 3.8) is 0 Å². The van der Waals surface area contributed by atoms with E-state index in [1.54, 1.807) is 30.3 Å². The van der Waals surface area contributed by atoms with Gasteiger partial charge in [-0.05, 0) is 60.7 Å². The maximum absolute atomic E-state index is 13.0. The van der Waals surface area contributed by atoms with Crippen LogP contribution in [0.2, 0.25) is 0 Å². The van der Waals surface area contributed by atoms with Gasteiger partial charge in [0.15, 0.2) is 11.5 Å². The fourth-order valence-corrected chi connectivity index (χ4v) is 3.88. The van der Waals surface area contributed by atoms with Crippen LogP contribution in [0, 0.1) is 5.82 Å². The van der Waals surface area contributed by atoms with E-state index in [1.807, 2.05) is 6.07 Å². The molecule has 0 aliphatic carbocycles. The topological polar surface area (TPSA) is 93.7 Å². The molecular formula is C21H17FN2O5S. The molecule has 0 saturated carbocycles. The van der Waals surface area contributed by atoms with E-state index >= 15 is 0 Å². The van der Waals surface area contributed by atoms with Crippen LogP contribution in [0.5, 0.6) is 11.5 Å². The molecule has 0 saturated heterocycles. The highest BCUT2D eigenvalue weighted by molar-refractivity contribution is 7.92. The number of para-hydroxylation sites is 2. The highest BCUT2D eigenvalue weighted by atomic mass is 32.2. The first-order valence-electron chi connectivity index (χ1n) is 8.98. The second kappa shape index (κ2) is 8.03. The van der Waals surface area contributed by atoms with Gasteiger partial charge in [0, 0.05) is 11.4 Å². The van der Waals surface area contributed by atoms with Gasteiger partial charge in [0.1, 0.15) is 12.4 Å². The number of hydrogen-bond acceptors (Lipinski definition) is 5. The number of fused-ring (bicyclic) bond motifs is 1. The van der Waals surface area contributed by atoms with Crippen molar-refractivity contribution in [2.75, 3.05) is 16.6 Å². The van der Waals surface area contributed by atoms with Gasteiger partial charge in [0.25, 0.3) is 15.9 Å². The molecule has 0 bridgehead atoms. The molecule has 0 radical (unpaired) electrons. The molecular weight excluding hydrogens is 411 g/mol. The molecule has 0 aromatic heterocycles. The van der Waals surface area contributed by atoms with E-state index in [-0.39, 0.29) is 17.4 Å². The van der Waals surface area contributed by atoms with Crippen molar-refractivity contribution in [1.29, 1.82) is 0 Å². The monoisotopic (exact) mass is 428 g/mol.